The zero-order valence-electron chi connectivity index (χ0n) is 11.3. The Kier molecular flexibility index (Phi) is 3.68. The molecule has 1 heterocycles. The molecule has 22 heavy (non-hydrogen) atoms. The van der Waals surface area contributed by atoms with Crippen molar-refractivity contribution >= 4 is 44.4 Å². The number of hydrogen-bond donors (Lipinski definition) is 3. The first kappa shape index (κ1) is 14.3. The summed E-state index contributed by atoms with van der Waals surface area (Å²) < 4.78 is 0.633. The summed E-state index contributed by atoms with van der Waals surface area (Å²) in [6.45, 7) is 0. The lowest BCUT2D eigenvalue weighted by molar-refractivity contribution is 0.0698. The summed E-state index contributed by atoms with van der Waals surface area (Å²) in [5.74, 6) is -1.49. The van der Waals surface area contributed by atoms with Crippen LogP contribution in [0.3, 0.4) is 0 Å². The van der Waals surface area contributed by atoms with Crippen molar-refractivity contribution in [2.45, 2.75) is 0 Å². The molecule has 3 aromatic rings. The second kappa shape index (κ2) is 5.65. The van der Waals surface area contributed by atoms with Crippen molar-refractivity contribution in [3.05, 3.63) is 64.3 Å². The third-order valence-electron chi connectivity index (χ3n) is 3.23. The van der Waals surface area contributed by atoms with Gasteiger partial charge in [-0.2, -0.15) is 0 Å². The SMILES string of the molecule is O=C(Nc1ccc(Br)cc1C(=O)O)c1cc2ccccc2[nH]1. The first-order valence-electron chi connectivity index (χ1n) is 6.46. The Morgan fingerprint density at radius 2 is 1.86 bits per heavy atom. The summed E-state index contributed by atoms with van der Waals surface area (Å²) in [5.41, 5.74) is 1.50. The van der Waals surface area contributed by atoms with Gasteiger partial charge in [0.05, 0.1) is 11.3 Å². The van der Waals surface area contributed by atoms with Crippen LogP contribution in [0.5, 0.6) is 0 Å². The van der Waals surface area contributed by atoms with Gasteiger partial charge >= 0.3 is 5.97 Å². The highest BCUT2D eigenvalue weighted by atomic mass is 79.9. The number of aromatic nitrogens is 1. The molecule has 1 amide bonds. The van der Waals surface area contributed by atoms with Crippen molar-refractivity contribution < 1.29 is 14.7 Å². The van der Waals surface area contributed by atoms with Crippen molar-refractivity contribution in [3.63, 3.8) is 0 Å². The molecule has 0 aliphatic rings. The zero-order chi connectivity index (χ0) is 15.7. The molecule has 0 atom stereocenters. The van der Waals surface area contributed by atoms with Crippen molar-refractivity contribution in [3.8, 4) is 0 Å². The van der Waals surface area contributed by atoms with E-state index in [4.69, 9.17) is 0 Å². The van der Waals surface area contributed by atoms with Crippen LogP contribution in [-0.2, 0) is 0 Å². The minimum atomic E-state index is -1.10. The number of benzene rings is 2. The largest absolute Gasteiger partial charge is 0.478 e. The molecule has 0 aliphatic heterocycles. The summed E-state index contributed by atoms with van der Waals surface area (Å²) in [6, 6.07) is 13.9. The topological polar surface area (TPSA) is 82.2 Å². The molecule has 0 fully saturated rings. The third kappa shape index (κ3) is 2.73. The lowest BCUT2D eigenvalue weighted by Gasteiger charge is -2.08. The van der Waals surface area contributed by atoms with Gasteiger partial charge in [0.25, 0.3) is 5.91 Å². The molecule has 0 aliphatic carbocycles. The lowest BCUT2D eigenvalue weighted by atomic mass is 10.1. The molecule has 6 heteroatoms. The van der Waals surface area contributed by atoms with Crippen LogP contribution in [0.25, 0.3) is 10.9 Å². The van der Waals surface area contributed by atoms with Crippen LogP contribution in [0.1, 0.15) is 20.8 Å². The Labute approximate surface area is 134 Å². The van der Waals surface area contributed by atoms with Crippen LogP contribution >= 0.6 is 15.9 Å². The Balaban J connectivity index is 1.92. The number of carboxylic acid groups (broad SMARTS) is 1. The van der Waals surface area contributed by atoms with Gasteiger partial charge in [0.1, 0.15) is 5.69 Å². The molecule has 0 radical (unpaired) electrons. The fourth-order valence-corrected chi connectivity index (χ4v) is 2.55. The average Bonchev–Trinajstić information content (AvgIpc) is 2.93. The van der Waals surface area contributed by atoms with Crippen molar-refractivity contribution in [2.24, 2.45) is 0 Å². The maximum Gasteiger partial charge on any atom is 0.337 e. The van der Waals surface area contributed by atoms with Crippen LogP contribution in [0.15, 0.2) is 53.0 Å². The highest BCUT2D eigenvalue weighted by molar-refractivity contribution is 9.10. The number of amides is 1. The average molecular weight is 359 g/mol. The van der Waals surface area contributed by atoms with Crippen LogP contribution < -0.4 is 5.32 Å². The molecule has 0 saturated carbocycles. The molecule has 0 spiro atoms. The highest BCUT2D eigenvalue weighted by Crippen LogP contribution is 2.22. The Morgan fingerprint density at radius 1 is 1.09 bits per heavy atom. The standard InChI is InChI=1S/C16H11BrN2O3/c17-10-5-6-13(11(8-10)16(21)22)19-15(20)14-7-9-3-1-2-4-12(9)18-14/h1-8,18H,(H,19,20)(H,21,22). The summed E-state index contributed by atoms with van der Waals surface area (Å²) >= 11 is 3.22. The van der Waals surface area contributed by atoms with Gasteiger partial charge in [-0.15, -0.1) is 0 Å². The second-order valence-corrected chi connectivity index (χ2v) is 5.64. The summed E-state index contributed by atoms with van der Waals surface area (Å²) in [5, 5.41) is 12.8. The zero-order valence-corrected chi connectivity index (χ0v) is 12.8. The van der Waals surface area contributed by atoms with Crippen LogP contribution in [0.4, 0.5) is 5.69 Å². The molecule has 1 aromatic heterocycles. The van der Waals surface area contributed by atoms with E-state index < -0.39 is 5.97 Å². The summed E-state index contributed by atoms with van der Waals surface area (Å²) in [7, 11) is 0. The van der Waals surface area contributed by atoms with Crippen molar-refractivity contribution in [1.82, 2.24) is 4.98 Å². The fraction of sp³-hybridized carbons (Fsp3) is 0. The predicted octanol–water partition coefficient (Wildman–Crippen LogP) is 3.88. The van der Waals surface area contributed by atoms with Crippen molar-refractivity contribution in [2.75, 3.05) is 5.32 Å². The molecule has 0 bridgehead atoms. The van der Waals surface area contributed by atoms with Gasteiger partial charge < -0.3 is 15.4 Å². The minimum Gasteiger partial charge on any atom is -0.478 e. The van der Waals surface area contributed by atoms with E-state index in [9.17, 15) is 14.7 Å². The number of halogens is 1. The third-order valence-corrected chi connectivity index (χ3v) is 3.73. The number of aromatic amines is 1. The molecule has 5 nitrogen and oxygen atoms in total. The predicted molar refractivity (Wildman–Crippen MR) is 87.4 cm³/mol. The quantitative estimate of drug-likeness (QED) is 0.664. The van der Waals surface area contributed by atoms with Gasteiger partial charge in [0, 0.05) is 15.4 Å². The number of para-hydroxylation sites is 1. The molecular weight excluding hydrogens is 348 g/mol. The number of fused-ring (bicyclic) bond motifs is 1. The Bertz CT molecular complexity index is 853. The van der Waals surface area contributed by atoms with Gasteiger partial charge in [-0.05, 0) is 30.3 Å². The fourth-order valence-electron chi connectivity index (χ4n) is 2.19. The molecule has 0 saturated heterocycles. The Hall–Kier alpha value is -2.60. The maximum absolute atomic E-state index is 12.3. The van der Waals surface area contributed by atoms with Gasteiger partial charge in [-0.3, -0.25) is 4.79 Å². The van der Waals surface area contributed by atoms with Crippen LogP contribution in [0, 0.1) is 0 Å². The normalized spacial score (nSPS) is 10.6. The highest BCUT2D eigenvalue weighted by Gasteiger charge is 2.15. The number of nitrogens with one attached hydrogen (secondary N) is 2. The molecule has 110 valence electrons. The smallest absolute Gasteiger partial charge is 0.337 e. The number of hydrogen-bond acceptors (Lipinski definition) is 2. The first-order valence-corrected chi connectivity index (χ1v) is 7.26. The molecule has 3 rings (SSSR count). The van der Waals surface area contributed by atoms with Crippen molar-refractivity contribution in [1.29, 1.82) is 0 Å². The van der Waals surface area contributed by atoms with Gasteiger partial charge in [0.2, 0.25) is 0 Å². The van der Waals surface area contributed by atoms with E-state index in [1.165, 1.54) is 6.07 Å². The van der Waals surface area contributed by atoms with E-state index in [0.29, 0.717) is 10.2 Å². The molecule has 0 unspecified atom stereocenters. The Morgan fingerprint density at radius 3 is 2.59 bits per heavy atom. The lowest BCUT2D eigenvalue weighted by Crippen LogP contribution is -2.15. The van der Waals surface area contributed by atoms with E-state index in [1.54, 1.807) is 18.2 Å². The van der Waals surface area contributed by atoms with Gasteiger partial charge in [-0.25, -0.2) is 4.79 Å². The molecule has 2 aromatic carbocycles. The van der Waals surface area contributed by atoms with E-state index >= 15 is 0 Å². The summed E-state index contributed by atoms with van der Waals surface area (Å²) in [6.07, 6.45) is 0. The minimum absolute atomic E-state index is 0.0267. The number of H-pyrrole nitrogens is 1. The maximum atomic E-state index is 12.3. The number of anilines is 1. The van der Waals surface area contributed by atoms with Crippen LogP contribution in [-0.4, -0.2) is 22.0 Å². The number of rotatable bonds is 3. The summed E-state index contributed by atoms with van der Waals surface area (Å²) in [4.78, 5) is 26.6. The van der Waals surface area contributed by atoms with E-state index in [0.717, 1.165) is 10.9 Å². The van der Waals surface area contributed by atoms with E-state index in [1.807, 2.05) is 24.3 Å². The van der Waals surface area contributed by atoms with Gasteiger partial charge in [-0.1, -0.05) is 34.1 Å². The van der Waals surface area contributed by atoms with E-state index in [2.05, 4.69) is 26.2 Å². The first-order chi connectivity index (χ1) is 10.5. The second-order valence-electron chi connectivity index (χ2n) is 4.72. The number of carbonyl (C=O) groups excluding carboxylic acids is 1. The van der Waals surface area contributed by atoms with Crippen LogP contribution in [0.2, 0.25) is 0 Å². The monoisotopic (exact) mass is 358 g/mol. The molecular formula is C16H11BrN2O3. The van der Waals surface area contributed by atoms with E-state index in [-0.39, 0.29) is 17.2 Å². The van der Waals surface area contributed by atoms with Gasteiger partial charge in [0.15, 0.2) is 0 Å². The number of aromatic carboxylic acids is 1. The number of carbonyl (C=O) groups is 2. The number of carboxylic acids is 1. The molecule has 3 N–H and O–H groups in total.